The molecule has 2 aromatic rings. The third-order valence-corrected chi connectivity index (χ3v) is 5.85. The molecule has 132 valence electrons. The van der Waals surface area contributed by atoms with Gasteiger partial charge in [-0.3, -0.25) is 9.59 Å². The number of aromatic nitrogens is 3. The molecule has 2 saturated heterocycles. The first-order chi connectivity index (χ1) is 12.1. The molecule has 0 aliphatic carbocycles. The summed E-state index contributed by atoms with van der Waals surface area (Å²) in [5.41, 5.74) is 2.40. The average molecular weight is 359 g/mol. The second-order valence-electron chi connectivity index (χ2n) is 6.91. The number of aryl methyl sites for hydroxylation is 1. The lowest BCUT2D eigenvalue weighted by atomic mass is 9.86. The van der Waals surface area contributed by atoms with Crippen molar-refractivity contribution in [1.82, 2.24) is 24.3 Å². The van der Waals surface area contributed by atoms with Crippen LogP contribution in [0.15, 0.2) is 23.4 Å². The third kappa shape index (κ3) is 2.84. The molecule has 0 radical (unpaired) electrons. The van der Waals surface area contributed by atoms with Crippen molar-refractivity contribution in [1.29, 1.82) is 0 Å². The van der Waals surface area contributed by atoms with Crippen molar-refractivity contribution in [3.05, 3.63) is 34.8 Å². The molecule has 0 aromatic carbocycles. The number of piperidine rings is 1. The molecule has 1 atom stereocenters. The summed E-state index contributed by atoms with van der Waals surface area (Å²) >= 11 is 1.43. The molecule has 2 amide bonds. The van der Waals surface area contributed by atoms with Crippen LogP contribution in [-0.2, 0) is 7.05 Å². The molecular formula is C17H21N5O2S. The number of imidazole rings is 1. The van der Waals surface area contributed by atoms with E-state index in [2.05, 4.69) is 9.97 Å². The van der Waals surface area contributed by atoms with Crippen molar-refractivity contribution in [3.63, 3.8) is 0 Å². The smallest absolute Gasteiger partial charge is 0.274 e. The summed E-state index contributed by atoms with van der Waals surface area (Å²) in [6, 6.07) is 0. The Morgan fingerprint density at radius 3 is 2.60 bits per heavy atom. The number of amides is 2. The van der Waals surface area contributed by atoms with E-state index < -0.39 is 0 Å². The van der Waals surface area contributed by atoms with Gasteiger partial charge in [0.05, 0.1) is 17.4 Å². The van der Waals surface area contributed by atoms with Crippen LogP contribution in [0.2, 0.25) is 0 Å². The number of hydrogen-bond donors (Lipinski definition) is 0. The Labute approximate surface area is 150 Å². The van der Waals surface area contributed by atoms with Crippen molar-refractivity contribution in [3.8, 4) is 0 Å². The van der Waals surface area contributed by atoms with E-state index in [0.29, 0.717) is 17.9 Å². The molecule has 0 N–H and O–H groups in total. The quantitative estimate of drug-likeness (QED) is 0.820. The summed E-state index contributed by atoms with van der Waals surface area (Å²) in [7, 11) is 1.86. The van der Waals surface area contributed by atoms with Gasteiger partial charge in [0, 0.05) is 38.3 Å². The Balaban J connectivity index is 1.57. The lowest BCUT2D eigenvalue weighted by Gasteiger charge is -2.45. The zero-order chi connectivity index (χ0) is 17.4. The van der Waals surface area contributed by atoms with Crippen molar-refractivity contribution in [2.24, 2.45) is 7.05 Å². The Morgan fingerprint density at radius 2 is 1.92 bits per heavy atom. The molecule has 8 heteroatoms. The van der Waals surface area contributed by atoms with Gasteiger partial charge in [-0.1, -0.05) is 0 Å². The van der Waals surface area contributed by atoms with Gasteiger partial charge in [0.15, 0.2) is 0 Å². The van der Waals surface area contributed by atoms with Crippen LogP contribution in [0.4, 0.5) is 0 Å². The number of nitrogens with zero attached hydrogens (tertiary/aromatic N) is 5. The van der Waals surface area contributed by atoms with Gasteiger partial charge < -0.3 is 14.4 Å². The monoisotopic (exact) mass is 359 g/mol. The van der Waals surface area contributed by atoms with E-state index in [0.717, 1.165) is 38.8 Å². The predicted octanol–water partition coefficient (Wildman–Crippen LogP) is 1.79. The van der Waals surface area contributed by atoms with Crippen molar-refractivity contribution in [2.45, 2.75) is 31.2 Å². The topological polar surface area (TPSA) is 71.3 Å². The zero-order valence-electron chi connectivity index (χ0n) is 14.2. The van der Waals surface area contributed by atoms with Gasteiger partial charge in [-0.15, -0.1) is 11.3 Å². The third-order valence-electron chi connectivity index (χ3n) is 5.26. The van der Waals surface area contributed by atoms with Crippen LogP contribution in [0.1, 0.15) is 46.7 Å². The highest BCUT2D eigenvalue weighted by Crippen LogP contribution is 2.38. The van der Waals surface area contributed by atoms with Gasteiger partial charge in [-0.2, -0.15) is 0 Å². The fraction of sp³-hybridized carbons (Fsp3) is 0.529. The van der Waals surface area contributed by atoms with Crippen LogP contribution in [0.5, 0.6) is 0 Å². The van der Waals surface area contributed by atoms with Gasteiger partial charge >= 0.3 is 0 Å². The lowest BCUT2D eigenvalue weighted by Crippen LogP contribution is -2.58. The molecule has 0 saturated carbocycles. The van der Waals surface area contributed by atoms with Crippen LogP contribution in [-0.4, -0.2) is 61.3 Å². The highest BCUT2D eigenvalue weighted by atomic mass is 32.1. The maximum Gasteiger partial charge on any atom is 0.274 e. The fourth-order valence-electron chi connectivity index (χ4n) is 4.11. The minimum absolute atomic E-state index is 0.0268. The molecular weight excluding hydrogens is 338 g/mol. The number of carbonyl (C=O) groups excluding carboxylic acids is 2. The lowest BCUT2D eigenvalue weighted by molar-refractivity contribution is 0.0269. The van der Waals surface area contributed by atoms with Gasteiger partial charge in [0.1, 0.15) is 11.4 Å². The summed E-state index contributed by atoms with van der Waals surface area (Å²) in [6.45, 7) is 2.04. The van der Waals surface area contributed by atoms with E-state index in [1.165, 1.54) is 11.3 Å². The van der Waals surface area contributed by atoms with Crippen molar-refractivity contribution >= 4 is 23.2 Å². The number of carbonyl (C=O) groups is 2. The Hall–Kier alpha value is -2.22. The van der Waals surface area contributed by atoms with Crippen LogP contribution in [0, 0.1) is 0 Å². The molecule has 2 aliphatic rings. The molecule has 2 fully saturated rings. The summed E-state index contributed by atoms with van der Waals surface area (Å²) in [5, 5.41) is 1.79. The summed E-state index contributed by atoms with van der Waals surface area (Å²) < 4.78 is 1.79. The van der Waals surface area contributed by atoms with E-state index in [9.17, 15) is 9.59 Å². The molecule has 2 aliphatic heterocycles. The van der Waals surface area contributed by atoms with Crippen LogP contribution >= 0.6 is 11.3 Å². The highest BCUT2D eigenvalue weighted by Gasteiger charge is 2.47. The Morgan fingerprint density at radius 1 is 1.12 bits per heavy atom. The molecule has 25 heavy (non-hydrogen) atoms. The Bertz CT molecular complexity index is 787. The molecule has 4 heterocycles. The van der Waals surface area contributed by atoms with E-state index in [4.69, 9.17) is 0 Å². The minimum Gasteiger partial charge on any atom is -0.340 e. The van der Waals surface area contributed by atoms with Crippen molar-refractivity contribution < 1.29 is 9.59 Å². The van der Waals surface area contributed by atoms with Crippen LogP contribution < -0.4 is 0 Å². The second-order valence-corrected chi connectivity index (χ2v) is 7.63. The number of hydrogen-bond acceptors (Lipinski definition) is 5. The largest absolute Gasteiger partial charge is 0.340 e. The van der Waals surface area contributed by atoms with Gasteiger partial charge in [-0.25, -0.2) is 9.97 Å². The Kier molecular flexibility index (Phi) is 4.07. The summed E-state index contributed by atoms with van der Waals surface area (Å²) in [4.78, 5) is 37.9. The normalized spacial score (nSPS) is 23.4. The molecule has 7 nitrogen and oxygen atoms in total. The predicted molar refractivity (Wildman–Crippen MR) is 93.5 cm³/mol. The van der Waals surface area contributed by atoms with E-state index in [-0.39, 0.29) is 17.4 Å². The maximum atomic E-state index is 13.0. The average Bonchev–Trinajstić information content (AvgIpc) is 3.35. The van der Waals surface area contributed by atoms with E-state index in [1.807, 2.05) is 16.8 Å². The first-order valence-electron chi connectivity index (χ1n) is 8.56. The fourth-order valence-corrected chi connectivity index (χ4v) is 4.63. The minimum atomic E-state index is -0.265. The molecule has 2 aromatic heterocycles. The number of thiazole rings is 1. The van der Waals surface area contributed by atoms with E-state index in [1.54, 1.807) is 28.0 Å². The molecule has 0 bridgehead atoms. The standard InChI is InChI=1S/C17H21N5O2S/c1-20-8-13(18-11-20)16(24)22-7-3-5-17(22)4-2-6-21(10-17)15(23)14-9-25-12-19-14/h8-9,11-12H,2-7,10H2,1H3/t17-/m1/s1. The summed E-state index contributed by atoms with van der Waals surface area (Å²) in [5.74, 6) is -0.0569. The molecule has 1 spiro atoms. The molecule has 0 unspecified atom stereocenters. The molecule has 4 rings (SSSR count). The maximum absolute atomic E-state index is 13.0. The van der Waals surface area contributed by atoms with Gasteiger partial charge in [-0.05, 0) is 25.7 Å². The SMILES string of the molecule is Cn1cnc(C(=O)N2CCC[C@@]23CCCN(C(=O)c2cscn2)C3)c1. The van der Waals surface area contributed by atoms with Crippen LogP contribution in [0.3, 0.4) is 0 Å². The number of rotatable bonds is 2. The first kappa shape index (κ1) is 16.3. The van der Waals surface area contributed by atoms with Crippen molar-refractivity contribution in [2.75, 3.05) is 19.6 Å². The summed E-state index contributed by atoms with van der Waals surface area (Å²) in [6.07, 6.45) is 7.16. The highest BCUT2D eigenvalue weighted by molar-refractivity contribution is 7.07. The van der Waals surface area contributed by atoms with Gasteiger partial charge in [0.2, 0.25) is 0 Å². The first-order valence-corrected chi connectivity index (χ1v) is 9.51. The second kappa shape index (κ2) is 6.25. The van der Waals surface area contributed by atoms with Crippen LogP contribution in [0.25, 0.3) is 0 Å². The van der Waals surface area contributed by atoms with Gasteiger partial charge in [0.25, 0.3) is 11.8 Å². The zero-order valence-corrected chi connectivity index (χ0v) is 15.0. The number of likely N-dealkylation sites (tertiary alicyclic amines) is 2. The van der Waals surface area contributed by atoms with E-state index >= 15 is 0 Å².